The van der Waals surface area contributed by atoms with Crippen molar-refractivity contribution in [3.8, 4) is 0 Å². The van der Waals surface area contributed by atoms with Gasteiger partial charge in [-0.25, -0.2) is 4.39 Å². The van der Waals surface area contributed by atoms with E-state index in [9.17, 15) is 14.0 Å². The molecule has 5 rings (SSSR count). The number of hydrogen-bond acceptors (Lipinski definition) is 4. The summed E-state index contributed by atoms with van der Waals surface area (Å²) in [5.41, 5.74) is 1.65. The zero-order valence-electron chi connectivity index (χ0n) is 18.1. The van der Waals surface area contributed by atoms with Crippen molar-refractivity contribution >= 4 is 45.0 Å². The van der Waals surface area contributed by atoms with E-state index in [0.717, 1.165) is 24.8 Å². The molecular weight excluding hydrogens is 445 g/mol. The van der Waals surface area contributed by atoms with Crippen LogP contribution in [0.2, 0.25) is 5.02 Å². The topological polar surface area (TPSA) is 77.1 Å². The van der Waals surface area contributed by atoms with Crippen molar-refractivity contribution < 1.29 is 13.7 Å². The number of benzene rings is 2. The molecule has 0 spiro atoms. The van der Waals surface area contributed by atoms with E-state index in [1.165, 1.54) is 12.1 Å². The van der Waals surface area contributed by atoms with Gasteiger partial charge in [-0.1, -0.05) is 29.2 Å². The fraction of sp³-hybridized carbons (Fsp3) is 0.320. The normalized spacial score (nSPS) is 18.6. The average molecular weight is 468 g/mol. The van der Waals surface area contributed by atoms with Crippen LogP contribution in [0.5, 0.6) is 0 Å². The van der Waals surface area contributed by atoms with Crippen molar-refractivity contribution in [2.24, 2.45) is 5.92 Å². The minimum atomic E-state index is -0.346. The number of carbonyl (C=O) groups is 1. The summed E-state index contributed by atoms with van der Waals surface area (Å²) in [5, 5.41) is 8.62. The van der Waals surface area contributed by atoms with E-state index >= 15 is 0 Å². The van der Waals surface area contributed by atoms with E-state index in [2.05, 4.69) is 10.5 Å². The van der Waals surface area contributed by atoms with Gasteiger partial charge in [0, 0.05) is 23.5 Å². The first-order chi connectivity index (χ1) is 15.9. The summed E-state index contributed by atoms with van der Waals surface area (Å²) in [5.74, 6) is 0.139. The quantitative estimate of drug-likeness (QED) is 0.399. The van der Waals surface area contributed by atoms with Crippen LogP contribution in [-0.4, -0.2) is 15.6 Å². The van der Waals surface area contributed by atoms with Crippen LogP contribution in [0.4, 0.5) is 10.1 Å². The Morgan fingerprint density at radius 1 is 1.21 bits per heavy atom. The van der Waals surface area contributed by atoms with Gasteiger partial charge in [-0.2, -0.15) is 0 Å². The van der Waals surface area contributed by atoms with Gasteiger partial charge in [0.15, 0.2) is 0 Å². The second-order valence-electron chi connectivity index (χ2n) is 8.72. The Kier molecular flexibility index (Phi) is 5.66. The van der Waals surface area contributed by atoms with Gasteiger partial charge >= 0.3 is 0 Å². The first-order valence-electron chi connectivity index (χ1n) is 11.1. The summed E-state index contributed by atoms with van der Waals surface area (Å²) in [4.78, 5) is 26.1. The van der Waals surface area contributed by atoms with E-state index in [-0.39, 0.29) is 29.2 Å². The van der Waals surface area contributed by atoms with Gasteiger partial charge in [0.2, 0.25) is 5.91 Å². The summed E-state index contributed by atoms with van der Waals surface area (Å²) >= 11 is 6.52. The van der Waals surface area contributed by atoms with E-state index in [1.54, 1.807) is 25.1 Å². The van der Waals surface area contributed by atoms with Crippen molar-refractivity contribution in [1.29, 1.82) is 0 Å². The largest absolute Gasteiger partial charge is 0.360 e. The Morgan fingerprint density at radius 2 is 2.00 bits per heavy atom. The van der Waals surface area contributed by atoms with Crippen LogP contribution >= 0.6 is 11.6 Å². The number of nitrogens with one attached hydrogen (secondary N) is 1. The molecule has 0 saturated heterocycles. The lowest BCUT2D eigenvalue weighted by Gasteiger charge is -2.31. The number of carbonyl (C=O) groups excluding carboxylic acids is 1. The van der Waals surface area contributed by atoms with Crippen molar-refractivity contribution in [3.63, 3.8) is 0 Å². The van der Waals surface area contributed by atoms with Gasteiger partial charge in [0.1, 0.15) is 22.5 Å². The Hall–Kier alpha value is -3.19. The van der Waals surface area contributed by atoms with E-state index in [4.69, 9.17) is 16.1 Å². The van der Waals surface area contributed by atoms with Gasteiger partial charge in [-0.05, 0) is 68.5 Å². The van der Waals surface area contributed by atoms with Gasteiger partial charge in [0.05, 0.1) is 10.5 Å². The minimum Gasteiger partial charge on any atom is -0.360 e. The number of hydrogen-bond donors (Lipinski definition) is 1. The van der Waals surface area contributed by atoms with Crippen molar-refractivity contribution in [2.45, 2.75) is 45.1 Å². The summed E-state index contributed by atoms with van der Waals surface area (Å²) in [7, 11) is 0. The highest BCUT2D eigenvalue weighted by atomic mass is 35.5. The summed E-state index contributed by atoms with van der Waals surface area (Å²) in [6, 6.07) is 11.2. The fourth-order valence-electron chi connectivity index (χ4n) is 5.02. The summed E-state index contributed by atoms with van der Waals surface area (Å²) < 4.78 is 20.3. The zero-order chi connectivity index (χ0) is 23.1. The number of aryl methyl sites for hydroxylation is 1. The predicted molar refractivity (Wildman–Crippen MR) is 126 cm³/mol. The Bertz CT molecular complexity index is 1410. The molecule has 2 aromatic carbocycles. The summed E-state index contributed by atoms with van der Waals surface area (Å²) in [6.45, 7) is 1.73. The molecule has 1 N–H and O–H groups in total. The van der Waals surface area contributed by atoms with Gasteiger partial charge < -0.3 is 14.4 Å². The fourth-order valence-corrected chi connectivity index (χ4v) is 5.28. The number of pyridine rings is 1. The molecule has 2 aromatic heterocycles. The molecule has 1 aliphatic rings. The van der Waals surface area contributed by atoms with Crippen LogP contribution in [-0.2, 0) is 4.79 Å². The number of aromatic nitrogens is 2. The summed E-state index contributed by atoms with van der Waals surface area (Å²) in [6.07, 6.45) is 3.71. The Balaban J connectivity index is 1.45. The highest BCUT2D eigenvalue weighted by Crippen LogP contribution is 2.38. The maximum atomic E-state index is 13.5. The maximum absolute atomic E-state index is 13.5. The van der Waals surface area contributed by atoms with Gasteiger partial charge in [-0.15, -0.1) is 0 Å². The van der Waals surface area contributed by atoms with Crippen LogP contribution < -0.4 is 10.9 Å². The molecule has 0 radical (unpaired) electrons. The molecule has 6 nitrogen and oxygen atoms in total. The van der Waals surface area contributed by atoms with Crippen molar-refractivity contribution in [3.05, 3.63) is 69.4 Å². The average Bonchev–Trinajstić information content (AvgIpc) is 3.17. The molecular formula is C25H23ClFN3O3. The number of fused-ring (bicyclic) bond motifs is 3. The minimum absolute atomic E-state index is 0.0606. The molecule has 0 unspecified atom stereocenters. The number of anilines is 1. The predicted octanol–water partition coefficient (Wildman–Crippen LogP) is 6.00. The van der Waals surface area contributed by atoms with Crippen molar-refractivity contribution in [1.82, 2.24) is 9.72 Å². The molecule has 33 heavy (non-hydrogen) atoms. The zero-order valence-corrected chi connectivity index (χ0v) is 18.9. The third-order valence-electron chi connectivity index (χ3n) is 6.51. The second-order valence-corrected chi connectivity index (χ2v) is 9.12. The number of amides is 1. The highest BCUT2D eigenvalue weighted by molar-refractivity contribution is 6.37. The van der Waals surface area contributed by atoms with Crippen LogP contribution in [0.25, 0.3) is 21.8 Å². The molecule has 2 atom stereocenters. The lowest BCUT2D eigenvalue weighted by Crippen LogP contribution is -2.30. The number of rotatable bonds is 4. The molecule has 0 bridgehead atoms. The molecule has 1 fully saturated rings. The third-order valence-corrected chi connectivity index (χ3v) is 6.82. The molecule has 170 valence electrons. The first kappa shape index (κ1) is 21.6. The highest BCUT2D eigenvalue weighted by Gasteiger charge is 2.29. The lowest BCUT2D eigenvalue weighted by atomic mass is 9.83. The Morgan fingerprint density at radius 3 is 2.79 bits per heavy atom. The molecule has 8 heteroatoms. The van der Waals surface area contributed by atoms with Crippen LogP contribution in [0.15, 0.2) is 51.8 Å². The smallest absolute Gasteiger partial charge is 0.264 e. The van der Waals surface area contributed by atoms with Crippen LogP contribution in [0.3, 0.4) is 0 Å². The molecule has 1 aliphatic carbocycles. The van der Waals surface area contributed by atoms with E-state index in [0.29, 0.717) is 45.6 Å². The van der Waals surface area contributed by atoms with Crippen molar-refractivity contribution in [2.75, 3.05) is 5.32 Å². The molecule has 2 heterocycles. The molecule has 0 aliphatic heterocycles. The van der Waals surface area contributed by atoms with Gasteiger partial charge in [-0.3, -0.25) is 9.59 Å². The lowest BCUT2D eigenvalue weighted by molar-refractivity contribution is -0.117. The number of nitrogens with zero attached hydrogens (tertiary/aromatic N) is 2. The second kappa shape index (κ2) is 8.63. The van der Waals surface area contributed by atoms with E-state index < -0.39 is 0 Å². The Labute approximate surface area is 194 Å². The SMILES string of the molecule is Cc1onc2c1c(=O)n([C@H]1CCC[C@@H](CC(=O)Nc3ccc(F)cc3)C1)c1cccc(Cl)c21. The molecule has 1 amide bonds. The number of halogens is 2. The van der Waals surface area contributed by atoms with Crippen LogP contribution in [0.1, 0.15) is 43.9 Å². The van der Waals surface area contributed by atoms with Crippen LogP contribution in [0, 0.1) is 18.7 Å². The maximum Gasteiger partial charge on any atom is 0.264 e. The molecule has 4 aromatic rings. The van der Waals surface area contributed by atoms with Gasteiger partial charge in [0.25, 0.3) is 5.56 Å². The standard InChI is InChI=1S/C25H23ClFN3O3/c1-14-22-24(29-33-14)23-19(26)6-3-7-20(23)30(25(22)32)18-5-2-4-15(12-18)13-21(31)28-17-10-8-16(27)9-11-17/h3,6-11,15,18H,2,4-5,12-13H2,1H3,(H,28,31)/t15-,18+/m1/s1. The monoisotopic (exact) mass is 467 g/mol. The molecule has 1 saturated carbocycles. The first-order valence-corrected chi connectivity index (χ1v) is 11.4. The third kappa shape index (κ3) is 4.02. The van der Waals surface area contributed by atoms with E-state index in [1.807, 2.05) is 16.7 Å².